The first-order chi connectivity index (χ1) is 25.8. The topological polar surface area (TPSA) is 177 Å². The minimum Gasteiger partial charge on any atom is -0.465 e. The molecule has 2 aliphatic rings. The zero-order valence-electron chi connectivity index (χ0n) is 30.7. The Labute approximate surface area is 310 Å². The van der Waals surface area contributed by atoms with Crippen molar-refractivity contribution in [1.29, 1.82) is 0 Å². The number of hydrogen-bond acceptors (Lipinski definition) is 7. The zero-order chi connectivity index (χ0) is 38.8. The van der Waals surface area contributed by atoms with Crippen LogP contribution in [0, 0.1) is 17.6 Å². The number of carbonyl (C=O) groups is 4. The van der Waals surface area contributed by atoms with Crippen LogP contribution in [0.15, 0.2) is 48.8 Å². The maximum absolute atomic E-state index is 15.7. The minimum absolute atomic E-state index is 0.246. The lowest BCUT2D eigenvalue weighted by Crippen LogP contribution is -2.51. The van der Waals surface area contributed by atoms with Gasteiger partial charge < -0.3 is 34.9 Å². The summed E-state index contributed by atoms with van der Waals surface area (Å²) < 4.78 is 35.9. The summed E-state index contributed by atoms with van der Waals surface area (Å²) in [6.07, 6.45) is 3.85. The smallest absolute Gasteiger partial charge is 0.407 e. The number of nitrogens with one attached hydrogen (secondary N) is 3. The van der Waals surface area contributed by atoms with E-state index in [-0.39, 0.29) is 34.9 Å². The third-order valence-corrected chi connectivity index (χ3v) is 10.2. The number of carbonyl (C=O) groups excluding carboxylic acids is 3. The summed E-state index contributed by atoms with van der Waals surface area (Å²) in [6.45, 7) is 6.12. The van der Waals surface area contributed by atoms with E-state index in [9.17, 15) is 24.3 Å². The third-order valence-electron chi connectivity index (χ3n) is 10.2. The molecule has 4 atom stereocenters. The van der Waals surface area contributed by atoms with Crippen molar-refractivity contribution >= 4 is 24.0 Å². The fourth-order valence-corrected chi connectivity index (χ4v) is 7.47. The van der Waals surface area contributed by atoms with Gasteiger partial charge in [-0.25, -0.2) is 28.3 Å². The van der Waals surface area contributed by atoms with E-state index < -0.39 is 41.9 Å². The van der Waals surface area contributed by atoms with Gasteiger partial charge in [0.05, 0.1) is 43.0 Å². The second-order valence-corrected chi connectivity index (χ2v) is 14.1. The Morgan fingerprint density at radius 1 is 0.852 bits per heavy atom. The van der Waals surface area contributed by atoms with Gasteiger partial charge in [-0.3, -0.25) is 14.5 Å². The number of nitrogens with zero attached hydrogens (tertiary/aromatic N) is 5. The largest absolute Gasteiger partial charge is 0.465 e. The first-order valence-corrected chi connectivity index (χ1v) is 17.9. The SMILES string of the molecule is COC(=O)N[C@@H](C)C(=O)N1CCCC1c1ncc(-c2ccc(-c3ccc(-c4cnc([C@@H]5CCCN5C(=O)[C@H](C(C)C)N(C)C(=O)O)[nH]4)c(F)c3)cc2F)[nH]1. The molecule has 54 heavy (non-hydrogen) atoms. The Kier molecular flexibility index (Phi) is 11.0. The number of hydrogen-bond donors (Lipinski definition) is 4. The Hall–Kier alpha value is -5.80. The highest BCUT2D eigenvalue weighted by Crippen LogP contribution is 2.36. The number of benzene rings is 2. The van der Waals surface area contributed by atoms with Crippen molar-refractivity contribution in [2.75, 3.05) is 27.2 Å². The Morgan fingerprint density at radius 3 is 1.76 bits per heavy atom. The van der Waals surface area contributed by atoms with Gasteiger partial charge in [0.25, 0.3) is 0 Å². The molecule has 2 aromatic heterocycles. The monoisotopic (exact) mass is 746 g/mol. The number of alkyl carbamates (subject to hydrolysis) is 1. The molecule has 4 N–H and O–H groups in total. The predicted octanol–water partition coefficient (Wildman–Crippen LogP) is 6.12. The van der Waals surface area contributed by atoms with Crippen LogP contribution < -0.4 is 5.32 Å². The number of rotatable bonds is 10. The highest BCUT2D eigenvalue weighted by Gasteiger charge is 2.40. The maximum Gasteiger partial charge on any atom is 0.407 e. The average molecular weight is 747 g/mol. The van der Waals surface area contributed by atoms with Gasteiger partial charge in [0.15, 0.2) is 0 Å². The molecule has 4 heterocycles. The predicted molar refractivity (Wildman–Crippen MR) is 194 cm³/mol. The van der Waals surface area contributed by atoms with Crippen molar-refractivity contribution in [2.45, 2.75) is 70.6 Å². The van der Waals surface area contributed by atoms with Crippen molar-refractivity contribution in [3.63, 3.8) is 0 Å². The quantitative estimate of drug-likeness (QED) is 0.150. The molecule has 0 radical (unpaired) electrons. The highest BCUT2D eigenvalue weighted by molar-refractivity contribution is 5.86. The van der Waals surface area contributed by atoms with Crippen molar-refractivity contribution in [1.82, 2.24) is 40.0 Å². The van der Waals surface area contributed by atoms with E-state index in [4.69, 9.17) is 0 Å². The number of carboxylic acid groups (broad SMARTS) is 1. The number of likely N-dealkylation sites (tertiary alicyclic amines) is 2. The fourth-order valence-electron chi connectivity index (χ4n) is 7.47. The lowest BCUT2D eigenvalue weighted by Gasteiger charge is -2.33. The molecule has 16 heteroatoms. The molecule has 2 aliphatic heterocycles. The van der Waals surface area contributed by atoms with E-state index in [1.54, 1.807) is 54.8 Å². The van der Waals surface area contributed by atoms with Crippen LogP contribution in [0.3, 0.4) is 0 Å². The van der Waals surface area contributed by atoms with E-state index in [0.29, 0.717) is 66.5 Å². The molecule has 0 saturated carbocycles. The Bertz CT molecular complexity index is 2050. The van der Waals surface area contributed by atoms with Gasteiger partial charge in [-0.2, -0.15) is 0 Å². The summed E-state index contributed by atoms with van der Waals surface area (Å²) in [5.74, 6) is -0.949. The van der Waals surface area contributed by atoms with Gasteiger partial charge in [0.2, 0.25) is 11.8 Å². The average Bonchev–Trinajstić information content (AvgIpc) is 3.97. The summed E-state index contributed by atoms with van der Waals surface area (Å²) in [7, 11) is 2.61. The summed E-state index contributed by atoms with van der Waals surface area (Å²) in [6, 6.07) is 6.74. The lowest BCUT2D eigenvalue weighted by atomic mass is 10.00. The van der Waals surface area contributed by atoms with Gasteiger partial charge in [0.1, 0.15) is 35.4 Å². The number of halogens is 2. The summed E-state index contributed by atoms with van der Waals surface area (Å²) in [4.78, 5) is 69.5. The second-order valence-electron chi connectivity index (χ2n) is 14.1. The summed E-state index contributed by atoms with van der Waals surface area (Å²) in [5, 5.41) is 12.0. The van der Waals surface area contributed by atoms with Gasteiger partial charge in [-0.05, 0) is 73.9 Å². The molecule has 286 valence electrons. The van der Waals surface area contributed by atoms with E-state index >= 15 is 8.78 Å². The van der Waals surface area contributed by atoms with E-state index in [1.165, 1.54) is 38.7 Å². The molecule has 6 rings (SSSR count). The highest BCUT2D eigenvalue weighted by atomic mass is 19.1. The van der Waals surface area contributed by atoms with E-state index in [1.807, 2.05) is 0 Å². The fraction of sp³-hybridized carbons (Fsp3) is 0.421. The molecule has 0 aliphatic carbocycles. The van der Waals surface area contributed by atoms with Crippen LogP contribution in [0.4, 0.5) is 18.4 Å². The van der Waals surface area contributed by atoms with Crippen LogP contribution in [-0.4, -0.2) is 103 Å². The molecule has 0 bridgehead atoms. The number of ether oxygens (including phenoxy) is 1. The Balaban J connectivity index is 1.16. The number of methoxy groups -OCH3 is 1. The molecule has 1 unspecified atom stereocenters. The maximum atomic E-state index is 15.7. The van der Waals surface area contributed by atoms with Gasteiger partial charge in [-0.1, -0.05) is 26.0 Å². The lowest BCUT2D eigenvalue weighted by molar-refractivity contribution is -0.138. The van der Waals surface area contributed by atoms with Gasteiger partial charge >= 0.3 is 12.2 Å². The Morgan fingerprint density at radius 2 is 1.33 bits per heavy atom. The van der Waals surface area contributed by atoms with Crippen LogP contribution in [-0.2, 0) is 14.3 Å². The molecular formula is C38H44F2N8O6. The van der Waals surface area contributed by atoms with Crippen molar-refractivity contribution in [2.24, 2.45) is 5.92 Å². The van der Waals surface area contributed by atoms with Crippen LogP contribution in [0.2, 0.25) is 0 Å². The summed E-state index contributed by atoms with van der Waals surface area (Å²) in [5.41, 5.74) is 2.24. The zero-order valence-corrected chi connectivity index (χ0v) is 30.7. The van der Waals surface area contributed by atoms with Crippen LogP contribution >= 0.6 is 0 Å². The van der Waals surface area contributed by atoms with Crippen LogP contribution in [0.25, 0.3) is 33.6 Å². The minimum atomic E-state index is -1.19. The van der Waals surface area contributed by atoms with E-state index in [2.05, 4.69) is 30.0 Å². The molecule has 2 saturated heterocycles. The van der Waals surface area contributed by atoms with E-state index in [0.717, 1.165) is 11.3 Å². The third kappa shape index (κ3) is 7.50. The number of aromatic amines is 2. The number of likely N-dealkylation sites (N-methyl/N-ethyl adjacent to an activating group) is 1. The van der Waals surface area contributed by atoms with Crippen LogP contribution in [0.1, 0.15) is 70.2 Å². The normalized spacial score (nSPS) is 18.1. The molecular weight excluding hydrogens is 702 g/mol. The van der Waals surface area contributed by atoms with Gasteiger partial charge in [0, 0.05) is 31.3 Å². The second kappa shape index (κ2) is 15.7. The van der Waals surface area contributed by atoms with Crippen molar-refractivity contribution in [3.8, 4) is 33.6 Å². The van der Waals surface area contributed by atoms with Crippen molar-refractivity contribution < 1.29 is 37.8 Å². The molecule has 2 fully saturated rings. The molecule has 14 nitrogen and oxygen atoms in total. The molecule has 0 spiro atoms. The first-order valence-electron chi connectivity index (χ1n) is 17.9. The molecule has 4 amide bonds. The number of H-pyrrole nitrogens is 2. The number of aromatic nitrogens is 4. The summed E-state index contributed by atoms with van der Waals surface area (Å²) >= 11 is 0. The molecule has 2 aromatic carbocycles. The standard InChI is InChI=1S/C38H44F2N8O6/c1-20(2)32(46(4)38(52)53)36(50)48-15-7-9-31(48)34-42-19-29(45-34)25-13-11-23(17-27(25)40)22-10-12-24(26(39)16-22)28-18-41-33(44-28)30-8-6-14-47(30)35(49)21(3)43-37(51)54-5/h10-13,16-21,30-32H,6-9,14-15H2,1-5H3,(H,41,44)(H,42,45)(H,43,51)(H,52,53)/t21-,30?,31-,32-/m0/s1. The number of amides is 4. The number of imidazole rings is 2. The van der Waals surface area contributed by atoms with Gasteiger partial charge in [-0.15, -0.1) is 0 Å². The van der Waals surface area contributed by atoms with Crippen molar-refractivity contribution in [3.05, 3.63) is 72.1 Å². The van der Waals surface area contributed by atoms with Crippen LogP contribution in [0.5, 0.6) is 0 Å². The first kappa shape index (κ1) is 37.9. The molecule has 4 aromatic rings.